The molecule has 0 aliphatic heterocycles. The van der Waals surface area contributed by atoms with Crippen LogP contribution < -0.4 is 16.0 Å². The van der Waals surface area contributed by atoms with E-state index in [0.717, 1.165) is 43.3 Å². The first-order valence-corrected chi connectivity index (χ1v) is 11.0. The number of pyridine rings is 1. The van der Waals surface area contributed by atoms with Gasteiger partial charge in [-0.25, -0.2) is 4.52 Å². The van der Waals surface area contributed by atoms with Gasteiger partial charge < -0.3 is 16.0 Å². The van der Waals surface area contributed by atoms with Crippen LogP contribution in [0.15, 0.2) is 36.7 Å². The number of hydrogen-bond donors (Lipinski definition) is 3. The lowest BCUT2D eigenvalue weighted by Gasteiger charge is -2.30. The van der Waals surface area contributed by atoms with E-state index >= 15 is 0 Å². The van der Waals surface area contributed by atoms with Crippen LogP contribution >= 0.6 is 0 Å². The van der Waals surface area contributed by atoms with E-state index in [2.05, 4.69) is 32.1 Å². The van der Waals surface area contributed by atoms with E-state index in [9.17, 15) is 9.59 Å². The predicted molar refractivity (Wildman–Crippen MR) is 122 cm³/mol. The molecule has 2 bridgehead atoms. The van der Waals surface area contributed by atoms with E-state index in [1.54, 1.807) is 30.9 Å². The van der Waals surface area contributed by atoms with E-state index in [4.69, 9.17) is 5.26 Å². The Hall–Kier alpha value is -3.93. The number of hydrogen-bond acceptors (Lipinski definition) is 6. The highest BCUT2D eigenvalue weighted by molar-refractivity contribution is 6.00. The third-order valence-electron chi connectivity index (χ3n) is 7.22. The zero-order valence-electron chi connectivity index (χ0n) is 18.6. The molecule has 0 spiro atoms. The second kappa shape index (κ2) is 7.59. The number of nitrogens with one attached hydrogen (secondary N) is 3. The predicted octanol–water partition coefficient (Wildman–Crippen LogP) is 2.49. The Balaban J connectivity index is 1.54. The number of nitriles is 1. The van der Waals surface area contributed by atoms with Crippen LogP contribution in [0.2, 0.25) is 0 Å². The molecule has 2 aliphatic carbocycles. The molecule has 3 heterocycles. The smallest absolute Gasteiger partial charge is 0.254 e. The summed E-state index contributed by atoms with van der Waals surface area (Å²) in [5.74, 6) is -0.119. The summed E-state index contributed by atoms with van der Waals surface area (Å²) in [5.41, 5.74) is 3.29. The maximum Gasteiger partial charge on any atom is 0.254 e. The van der Waals surface area contributed by atoms with Crippen LogP contribution in [-0.4, -0.2) is 46.0 Å². The number of carbonyl (C=O) groups excluding carboxylic acids is 2. The maximum atomic E-state index is 12.6. The third kappa shape index (κ3) is 3.30. The molecule has 0 radical (unpaired) electrons. The average Bonchev–Trinajstić information content (AvgIpc) is 3.54. The zero-order valence-corrected chi connectivity index (χ0v) is 18.6. The van der Waals surface area contributed by atoms with Gasteiger partial charge in [-0.05, 0) is 56.4 Å². The van der Waals surface area contributed by atoms with Gasteiger partial charge in [0.2, 0.25) is 5.91 Å². The van der Waals surface area contributed by atoms with Crippen molar-refractivity contribution >= 4 is 23.0 Å². The van der Waals surface area contributed by atoms with Crippen LogP contribution in [0.3, 0.4) is 0 Å². The van der Waals surface area contributed by atoms with Gasteiger partial charge in [0.05, 0.1) is 45.3 Å². The first-order chi connectivity index (χ1) is 15.9. The minimum Gasteiger partial charge on any atom is -0.379 e. The van der Waals surface area contributed by atoms with Crippen LogP contribution in [0.5, 0.6) is 0 Å². The summed E-state index contributed by atoms with van der Waals surface area (Å²) in [6, 6.07) is 9.52. The fraction of sp³-hybridized carbons (Fsp3) is 0.375. The number of carbonyl (C=O) groups is 2. The first-order valence-electron chi connectivity index (χ1n) is 11.0. The molecule has 9 heteroatoms. The van der Waals surface area contributed by atoms with E-state index in [1.807, 2.05) is 18.2 Å². The molecule has 33 heavy (non-hydrogen) atoms. The topological polar surface area (TPSA) is 124 Å². The number of nitrogens with zero attached hydrogens (tertiary/aromatic N) is 4. The Bertz CT molecular complexity index is 1310. The summed E-state index contributed by atoms with van der Waals surface area (Å²) in [4.78, 5) is 29.7. The Morgan fingerprint density at radius 1 is 1.09 bits per heavy atom. The Labute approximate surface area is 191 Å². The van der Waals surface area contributed by atoms with Crippen molar-refractivity contribution in [1.82, 2.24) is 25.2 Å². The zero-order chi connectivity index (χ0) is 23.2. The van der Waals surface area contributed by atoms with Gasteiger partial charge in [0.15, 0.2) is 0 Å². The average molecular weight is 444 g/mol. The molecule has 0 saturated heterocycles. The highest BCUT2D eigenvalue weighted by Crippen LogP contribution is 2.57. The van der Waals surface area contributed by atoms with Gasteiger partial charge in [-0.3, -0.25) is 14.6 Å². The van der Waals surface area contributed by atoms with E-state index in [-0.39, 0.29) is 22.8 Å². The van der Waals surface area contributed by atoms with Crippen LogP contribution in [0.25, 0.3) is 16.9 Å². The fourth-order valence-electron chi connectivity index (χ4n) is 5.50. The van der Waals surface area contributed by atoms with Crippen molar-refractivity contribution in [2.24, 2.45) is 5.41 Å². The molecular formula is C24H25N7O2. The lowest BCUT2D eigenvalue weighted by atomic mass is 9.83. The van der Waals surface area contributed by atoms with Crippen molar-refractivity contribution < 1.29 is 9.59 Å². The molecule has 9 nitrogen and oxygen atoms in total. The monoisotopic (exact) mass is 443 g/mol. The van der Waals surface area contributed by atoms with E-state index < -0.39 is 0 Å². The fourth-order valence-corrected chi connectivity index (χ4v) is 5.50. The second-order valence-corrected chi connectivity index (χ2v) is 9.05. The van der Waals surface area contributed by atoms with Crippen molar-refractivity contribution in [1.29, 1.82) is 5.26 Å². The Morgan fingerprint density at radius 3 is 2.58 bits per heavy atom. The molecular weight excluding hydrogens is 418 g/mol. The van der Waals surface area contributed by atoms with Crippen LogP contribution in [-0.2, 0) is 4.79 Å². The number of amides is 2. The SMILES string of the molecule is CNC(=O)c1cnc(-c2ccc3cc(C#N)cnn23)cc1NC12CCC(C(=O)NC)(CC1)C2. The van der Waals surface area contributed by atoms with Crippen LogP contribution in [0.4, 0.5) is 5.69 Å². The summed E-state index contributed by atoms with van der Waals surface area (Å²) in [6.45, 7) is 0. The quantitative estimate of drug-likeness (QED) is 0.557. The lowest BCUT2D eigenvalue weighted by molar-refractivity contribution is -0.130. The van der Waals surface area contributed by atoms with Crippen molar-refractivity contribution in [3.63, 3.8) is 0 Å². The van der Waals surface area contributed by atoms with Gasteiger partial charge in [-0.1, -0.05) is 0 Å². The molecule has 3 aromatic rings. The summed E-state index contributed by atoms with van der Waals surface area (Å²) in [6.07, 6.45) is 7.25. The number of aromatic nitrogens is 3. The molecule has 2 aliphatic rings. The van der Waals surface area contributed by atoms with Crippen molar-refractivity contribution in [3.8, 4) is 17.5 Å². The minimum absolute atomic E-state index is 0.105. The molecule has 168 valence electrons. The normalized spacial score (nSPS) is 23.3. The lowest BCUT2D eigenvalue weighted by Crippen LogP contribution is -2.35. The standard InChI is InChI=1S/C24H25N7O2/c1-26-21(32)17-13-28-19(20-4-3-16-9-15(11-25)12-29-31(16)20)10-18(17)30-24-7-5-23(14-24,6-8-24)22(33)27-2/h3-4,9-10,12-13H,5-8,14H2,1-2H3,(H,26,32)(H,27,33)(H,28,30). The number of fused-ring (bicyclic) bond motifs is 3. The highest BCUT2D eigenvalue weighted by atomic mass is 16.2. The van der Waals surface area contributed by atoms with Crippen molar-refractivity contribution in [3.05, 3.63) is 47.8 Å². The molecule has 0 aromatic carbocycles. The van der Waals surface area contributed by atoms with Gasteiger partial charge in [-0.2, -0.15) is 10.4 Å². The molecule has 3 N–H and O–H groups in total. The second-order valence-electron chi connectivity index (χ2n) is 9.05. The molecule has 2 amide bonds. The summed E-state index contributed by atoms with van der Waals surface area (Å²) in [7, 11) is 3.29. The van der Waals surface area contributed by atoms with E-state index in [1.165, 1.54) is 6.20 Å². The van der Waals surface area contributed by atoms with Gasteiger partial charge in [-0.15, -0.1) is 0 Å². The van der Waals surface area contributed by atoms with Crippen LogP contribution in [0, 0.1) is 16.7 Å². The molecule has 3 aromatic heterocycles. The van der Waals surface area contributed by atoms with Gasteiger partial charge in [0, 0.05) is 25.8 Å². The Morgan fingerprint density at radius 2 is 1.88 bits per heavy atom. The number of rotatable bonds is 5. The molecule has 0 unspecified atom stereocenters. The molecule has 5 rings (SSSR count). The van der Waals surface area contributed by atoms with Gasteiger partial charge in [0.1, 0.15) is 6.07 Å². The minimum atomic E-state index is -0.328. The Kier molecular flexibility index (Phi) is 4.81. The molecule has 0 atom stereocenters. The highest BCUT2D eigenvalue weighted by Gasteiger charge is 2.57. The maximum absolute atomic E-state index is 12.6. The van der Waals surface area contributed by atoms with Gasteiger partial charge in [0.25, 0.3) is 5.91 Å². The summed E-state index contributed by atoms with van der Waals surface area (Å²) < 4.78 is 1.73. The largest absolute Gasteiger partial charge is 0.379 e. The van der Waals surface area contributed by atoms with Gasteiger partial charge >= 0.3 is 0 Å². The molecule has 2 saturated carbocycles. The van der Waals surface area contributed by atoms with Crippen molar-refractivity contribution in [2.75, 3.05) is 19.4 Å². The van der Waals surface area contributed by atoms with Crippen LogP contribution in [0.1, 0.15) is 48.0 Å². The van der Waals surface area contributed by atoms with E-state index in [0.29, 0.717) is 22.5 Å². The summed E-state index contributed by atoms with van der Waals surface area (Å²) >= 11 is 0. The number of anilines is 1. The molecule has 2 fully saturated rings. The summed E-state index contributed by atoms with van der Waals surface area (Å²) in [5, 5.41) is 22.7. The first kappa shape index (κ1) is 20.9. The third-order valence-corrected chi connectivity index (χ3v) is 7.22. The van der Waals surface area contributed by atoms with Crippen molar-refractivity contribution in [2.45, 2.75) is 37.6 Å².